The van der Waals surface area contributed by atoms with Crippen LogP contribution in [0, 0.1) is 11.3 Å². The summed E-state index contributed by atoms with van der Waals surface area (Å²) in [4.78, 5) is 12.8. The third-order valence-electron chi connectivity index (χ3n) is 5.88. The number of anilines is 2. The van der Waals surface area contributed by atoms with Gasteiger partial charge >= 0.3 is 6.18 Å². The number of nitriles is 1. The monoisotopic (exact) mass is 476 g/mol. The van der Waals surface area contributed by atoms with Crippen LogP contribution in [0.4, 0.5) is 24.9 Å². The van der Waals surface area contributed by atoms with Gasteiger partial charge in [-0.15, -0.1) is 0 Å². The van der Waals surface area contributed by atoms with Crippen molar-refractivity contribution in [2.45, 2.75) is 19.0 Å². The molecule has 1 fully saturated rings. The summed E-state index contributed by atoms with van der Waals surface area (Å²) in [5.41, 5.74) is 2.35. The van der Waals surface area contributed by atoms with Crippen LogP contribution in [0.1, 0.15) is 16.7 Å². The van der Waals surface area contributed by atoms with E-state index < -0.39 is 12.8 Å². The Labute approximate surface area is 196 Å². The number of hydrogen-bond acceptors (Lipinski definition) is 8. The summed E-state index contributed by atoms with van der Waals surface area (Å²) in [5, 5.41) is 12.9. The smallest absolute Gasteiger partial charge is 0.422 e. The normalized spacial score (nSPS) is 16.9. The minimum atomic E-state index is -4.55. The molecule has 2 aliphatic heterocycles. The number of ether oxygens (including phenoxy) is 2. The molecule has 1 aromatic carbocycles. The molecule has 0 amide bonds. The molecule has 0 aliphatic carbocycles. The van der Waals surface area contributed by atoms with Gasteiger partial charge < -0.3 is 19.7 Å². The zero-order valence-electron chi connectivity index (χ0n) is 18.8. The zero-order chi connectivity index (χ0) is 24.0. The van der Waals surface area contributed by atoms with E-state index in [0.717, 1.165) is 25.9 Å². The Bertz CT molecular complexity index is 994. The van der Waals surface area contributed by atoms with Crippen LogP contribution >= 0.6 is 0 Å². The fraction of sp³-hybridized carbons (Fsp3) is 0.522. The molecule has 11 heteroatoms. The van der Waals surface area contributed by atoms with Crippen molar-refractivity contribution in [3.63, 3.8) is 0 Å². The van der Waals surface area contributed by atoms with Gasteiger partial charge in [0.1, 0.15) is 6.07 Å². The summed E-state index contributed by atoms with van der Waals surface area (Å²) < 4.78 is 48.9. The van der Waals surface area contributed by atoms with Crippen LogP contribution < -0.4 is 15.0 Å². The van der Waals surface area contributed by atoms with Crippen LogP contribution in [-0.2, 0) is 17.6 Å². The van der Waals surface area contributed by atoms with Gasteiger partial charge in [0.15, 0.2) is 18.0 Å². The molecule has 0 saturated carbocycles. The van der Waals surface area contributed by atoms with Crippen molar-refractivity contribution in [2.24, 2.45) is 0 Å². The summed E-state index contributed by atoms with van der Waals surface area (Å²) in [6, 6.07) is 10.1. The molecular formula is C23H27F3N6O2. The van der Waals surface area contributed by atoms with Gasteiger partial charge in [-0.3, -0.25) is 4.90 Å². The number of nitrogens with zero attached hydrogens (tertiary/aromatic N) is 5. The predicted octanol–water partition coefficient (Wildman–Crippen LogP) is 2.64. The molecule has 0 spiro atoms. The van der Waals surface area contributed by atoms with Crippen molar-refractivity contribution >= 4 is 11.8 Å². The first-order valence-corrected chi connectivity index (χ1v) is 11.3. The Morgan fingerprint density at radius 2 is 1.74 bits per heavy atom. The van der Waals surface area contributed by atoms with Crippen molar-refractivity contribution in [1.82, 2.24) is 14.9 Å². The number of aromatic nitrogens is 2. The molecule has 34 heavy (non-hydrogen) atoms. The highest BCUT2D eigenvalue weighted by Crippen LogP contribution is 2.30. The van der Waals surface area contributed by atoms with E-state index in [1.54, 1.807) is 0 Å². The quantitative estimate of drug-likeness (QED) is 0.653. The van der Waals surface area contributed by atoms with Gasteiger partial charge in [0, 0.05) is 39.3 Å². The van der Waals surface area contributed by atoms with Crippen LogP contribution in [0.3, 0.4) is 0 Å². The van der Waals surface area contributed by atoms with E-state index in [-0.39, 0.29) is 23.2 Å². The van der Waals surface area contributed by atoms with Gasteiger partial charge in [0.25, 0.3) is 0 Å². The fourth-order valence-corrected chi connectivity index (χ4v) is 4.12. The fourth-order valence-electron chi connectivity index (χ4n) is 4.12. The molecule has 1 saturated heterocycles. The van der Waals surface area contributed by atoms with Crippen LogP contribution in [0.15, 0.2) is 24.3 Å². The number of morpholine rings is 1. The molecule has 1 N–H and O–H groups in total. The van der Waals surface area contributed by atoms with Crippen molar-refractivity contribution < 1.29 is 22.6 Å². The van der Waals surface area contributed by atoms with E-state index in [9.17, 15) is 18.4 Å². The van der Waals surface area contributed by atoms with Crippen LogP contribution in [0.25, 0.3) is 0 Å². The highest BCUT2D eigenvalue weighted by Gasteiger charge is 2.31. The second kappa shape index (κ2) is 10.9. The number of benzene rings is 1. The standard InChI is InChI=1S/C23H27F3N6O2/c24-23(25,26)16-34-21-19(15-27)20(32-8-5-17-3-1-2-4-18(17)6-9-32)29-22(30-21)28-7-10-31-11-13-33-14-12-31/h1-4H,5-14,16H2,(H,28,29,30). The maximum Gasteiger partial charge on any atom is 0.422 e. The zero-order valence-corrected chi connectivity index (χ0v) is 18.8. The summed E-state index contributed by atoms with van der Waals surface area (Å²) in [7, 11) is 0. The molecule has 0 bridgehead atoms. The number of halogens is 3. The van der Waals surface area contributed by atoms with Crippen molar-refractivity contribution in [3.8, 4) is 11.9 Å². The number of rotatable bonds is 7. The highest BCUT2D eigenvalue weighted by atomic mass is 19.4. The van der Waals surface area contributed by atoms with Crippen LogP contribution in [0.5, 0.6) is 5.88 Å². The van der Waals surface area contributed by atoms with Gasteiger partial charge in [-0.2, -0.15) is 28.4 Å². The first kappa shape index (κ1) is 24.0. The molecule has 2 aliphatic rings. The Hall–Kier alpha value is -3.10. The number of hydrogen-bond donors (Lipinski definition) is 1. The minimum absolute atomic E-state index is 0.0889. The van der Waals surface area contributed by atoms with E-state index in [2.05, 4.69) is 32.3 Å². The molecule has 8 nitrogen and oxygen atoms in total. The lowest BCUT2D eigenvalue weighted by Gasteiger charge is -2.27. The number of alkyl halides is 3. The van der Waals surface area contributed by atoms with Gasteiger partial charge in [-0.05, 0) is 24.0 Å². The first-order chi connectivity index (χ1) is 16.4. The molecule has 4 rings (SSSR count). The SMILES string of the molecule is N#Cc1c(OCC(F)(F)F)nc(NCCN2CCOCC2)nc1N1CCc2ccccc2CC1. The van der Waals surface area contributed by atoms with Crippen molar-refractivity contribution in [3.05, 3.63) is 41.0 Å². The minimum Gasteiger partial charge on any atom is -0.467 e. The number of nitrogens with one attached hydrogen (secondary N) is 1. The second-order valence-corrected chi connectivity index (χ2v) is 8.20. The summed E-state index contributed by atoms with van der Waals surface area (Å²) >= 11 is 0. The number of fused-ring (bicyclic) bond motifs is 1. The average molecular weight is 477 g/mol. The third-order valence-corrected chi connectivity index (χ3v) is 5.88. The Balaban J connectivity index is 1.56. The topological polar surface area (TPSA) is 86.5 Å². The molecule has 0 unspecified atom stereocenters. The predicted molar refractivity (Wildman–Crippen MR) is 120 cm³/mol. The van der Waals surface area contributed by atoms with Crippen LogP contribution in [-0.4, -0.2) is 80.1 Å². The largest absolute Gasteiger partial charge is 0.467 e. The molecule has 0 atom stereocenters. The summed E-state index contributed by atoms with van der Waals surface area (Å²) in [6.07, 6.45) is -3.07. The molecule has 2 aromatic rings. The molecule has 182 valence electrons. The van der Waals surface area contributed by atoms with Crippen LogP contribution in [0.2, 0.25) is 0 Å². The Kier molecular flexibility index (Phi) is 7.70. The lowest BCUT2D eigenvalue weighted by atomic mass is 10.0. The van der Waals surface area contributed by atoms with E-state index in [0.29, 0.717) is 39.4 Å². The molecular weight excluding hydrogens is 449 g/mol. The van der Waals surface area contributed by atoms with E-state index in [1.165, 1.54) is 11.1 Å². The molecule has 1 aromatic heterocycles. The summed E-state index contributed by atoms with van der Waals surface area (Å²) in [5.74, 6) is 0.0676. The van der Waals surface area contributed by atoms with Gasteiger partial charge in [-0.25, -0.2) is 0 Å². The van der Waals surface area contributed by atoms with E-state index in [1.807, 2.05) is 23.1 Å². The maximum absolute atomic E-state index is 12.9. The lowest BCUT2D eigenvalue weighted by Crippen LogP contribution is -2.39. The van der Waals surface area contributed by atoms with E-state index >= 15 is 0 Å². The second-order valence-electron chi connectivity index (χ2n) is 8.20. The van der Waals surface area contributed by atoms with Crippen molar-refractivity contribution in [1.29, 1.82) is 5.26 Å². The summed E-state index contributed by atoms with van der Waals surface area (Å²) in [6.45, 7) is 3.80. The van der Waals surface area contributed by atoms with Crippen molar-refractivity contribution in [2.75, 3.05) is 69.3 Å². The van der Waals surface area contributed by atoms with E-state index in [4.69, 9.17) is 9.47 Å². The Morgan fingerprint density at radius 1 is 1.06 bits per heavy atom. The van der Waals surface area contributed by atoms with Gasteiger partial charge in [0.2, 0.25) is 11.8 Å². The third kappa shape index (κ3) is 6.27. The highest BCUT2D eigenvalue weighted by molar-refractivity contribution is 5.61. The maximum atomic E-state index is 12.9. The first-order valence-electron chi connectivity index (χ1n) is 11.3. The lowest BCUT2D eigenvalue weighted by molar-refractivity contribution is -0.154. The van der Waals surface area contributed by atoms with Gasteiger partial charge in [0.05, 0.1) is 13.2 Å². The van der Waals surface area contributed by atoms with Gasteiger partial charge in [-0.1, -0.05) is 24.3 Å². The molecule has 0 radical (unpaired) electrons. The average Bonchev–Trinajstić information content (AvgIpc) is 3.05. The molecule has 3 heterocycles. The Morgan fingerprint density at radius 3 is 2.35 bits per heavy atom.